The summed E-state index contributed by atoms with van der Waals surface area (Å²) in [6.07, 6.45) is 3.48. The van der Waals surface area contributed by atoms with Crippen LogP contribution in [0.4, 0.5) is 0 Å². The number of nitrogens with zero attached hydrogens (tertiary/aromatic N) is 2. The lowest BCUT2D eigenvalue weighted by atomic mass is 10.3. The summed E-state index contributed by atoms with van der Waals surface area (Å²) in [6, 6.07) is 6.08. The molecule has 2 rings (SSSR count). The highest BCUT2D eigenvalue weighted by Gasteiger charge is 2.06. The summed E-state index contributed by atoms with van der Waals surface area (Å²) in [7, 11) is 0. The third-order valence-corrected chi connectivity index (χ3v) is 3.28. The van der Waals surface area contributed by atoms with Gasteiger partial charge in [-0.2, -0.15) is 0 Å². The van der Waals surface area contributed by atoms with Gasteiger partial charge in [-0.1, -0.05) is 41.4 Å². The van der Waals surface area contributed by atoms with Crippen LogP contribution in [-0.2, 0) is 6.54 Å². The molecule has 0 aliphatic carbocycles. The highest BCUT2D eigenvalue weighted by molar-refractivity contribution is 9.10. The number of hydrogen-bond donors (Lipinski definition) is 1. The molecule has 0 atom stereocenters. The molecule has 1 heterocycles. The molecule has 0 bridgehead atoms. The normalized spacial score (nSPS) is 10.8. The lowest BCUT2D eigenvalue weighted by Gasteiger charge is -2.08. The van der Waals surface area contributed by atoms with E-state index in [9.17, 15) is 0 Å². The van der Waals surface area contributed by atoms with E-state index in [1.807, 2.05) is 6.07 Å². The van der Waals surface area contributed by atoms with Crippen molar-refractivity contribution in [3.8, 4) is 11.8 Å². The third-order valence-electron chi connectivity index (χ3n) is 2.49. The number of nitrogens with one attached hydrogen (secondary N) is 1. The molecule has 1 N–H and O–H groups in total. The van der Waals surface area contributed by atoms with E-state index >= 15 is 0 Å². The average Bonchev–Trinajstić information content (AvgIpc) is 2.41. The SMILES string of the molecule is CC(C)NCc1cnc(Oc2ccc(Br)cc2Cl)nc1. The molecule has 1 aromatic carbocycles. The van der Waals surface area contributed by atoms with E-state index in [0.717, 1.165) is 16.6 Å². The van der Waals surface area contributed by atoms with Gasteiger partial charge in [0.05, 0.1) is 5.02 Å². The Labute approximate surface area is 131 Å². The minimum atomic E-state index is 0.280. The maximum Gasteiger partial charge on any atom is 0.321 e. The molecule has 2 aromatic rings. The zero-order valence-electron chi connectivity index (χ0n) is 11.2. The van der Waals surface area contributed by atoms with Crippen LogP contribution in [0.1, 0.15) is 19.4 Å². The molecular formula is C14H15BrClN3O. The summed E-state index contributed by atoms with van der Waals surface area (Å²) in [5.41, 5.74) is 1.01. The zero-order valence-corrected chi connectivity index (χ0v) is 13.6. The second kappa shape index (κ2) is 7.02. The fraction of sp³-hybridized carbons (Fsp3) is 0.286. The summed E-state index contributed by atoms with van der Waals surface area (Å²) in [5, 5.41) is 3.81. The first-order valence-corrected chi connectivity index (χ1v) is 7.39. The van der Waals surface area contributed by atoms with Crippen LogP contribution in [0.2, 0.25) is 5.02 Å². The fourth-order valence-corrected chi connectivity index (χ4v) is 2.18. The Morgan fingerprint density at radius 3 is 2.60 bits per heavy atom. The summed E-state index contributed by atoms with van der Waals surface area (Å²) < 4.78 is 6.44. The summed E-state index contributed by atoms with van der Waals surface area (Å²) in [6.45, 7) is 4.92. The molecule has 0 saturated heterocycles. The molecule has 106 valence electrons. The predicted octanol–water partition coefficient (Wildman–Crippen LogP) is 4.18. The van der Waals surface area contributed by atoms with E-state index in [2.05, 4.69) is 45.1 Å². The van der Waals surface area contributed by atoms with Crippen LogP contribution in [0, 0.1) is 0 Å². The average molecular weight is 357 g/mol. The minimum Gasteiger partial charge on any atom is -0.423 e. The molecule has 0 unspecified atom stereocenters. The fourth-order valence-electron chi connectivity index (χ4n) is 1.47. The molecule has 0 spiro atoms. The van der Waals surface area contributed by atoms with Crippen LogP contribution in [0.25, 0.3) is 0 Å². The van der Waals surface area contributed by atoms with Crippen molar-refractivity contribution in [2.24, 2.45) is 0 Å². The highest BCUT2D eigenvalue weighted by atomic mass is 79.9. The number of benzene rings is 1. The Morgan fingerprint density at radius 1 is 1.30 bits per heavy atom. The van der Waals surface area contributed by atoms with Gasteiger partial charge < -0.3 is 10.1 Å². The molecule has 0 radical (unpaired) electrons. The molecule has 6 heteroatoms. The van der Waals surface area contributed by atoms with Crippen molar-refractivity contribution in [2.45, 2.75) is 26.4 Å². The topological polar surface area (TPSA) is 47.0 Å². The molecule has 0 aliphatic rings. The van der Waals surface area contributed by atoms with Gasteiger partial charge in [-0.25, -0.2) is 9.97 Å². The van der Waals surface area contributed by atoms with E-state index < -0.39 is 0 Å². The summed E-state index contributed by atoms with van der Waals surface area (Å²) in [5.74, 6) is 0.530. The smallest absolute Gasteiger partial charge is 0.321 e. The van der Waals surface area contributed by atoms with Crippen LogP contribution >= 0.6 is 27.5 Å². The zero-order chi connectivity index (χ0) is 14.5. The van der Waals surface area contributed by atoms with Gasteiger partial charge in [0.25, 0.3) is 0 Å². The largest absolute Gasteiger partial charge is 0.423 e. The van der Waals surface area contributed by atoms with E-state index in [-0.39, 0.29) is 6.01 Å². The molecular weight excluding hydrogens is 342 g/mol. The lowest BCUT2D eigenvalue weighted by Crippen LogP contribution is -2.21. The minimum absolute atomic E-state index is 0.280. The van der Waals surface area contributed by atoms with E-state index in [1.165, 1.54) is 0 Å². The van der Waals surface area contributed by atoms with E-state index in [1.54, 1.807) is 24.5 Å². The molecule has 4 nitrogen and oxygen atoms in total. The molecule has 0 fully saturated rings. The number of aromatic nitrogens is 2. The Hall–Kier alpha value is -1.17. The first-order valence-electron chi connectivity index (χ1n) is 6.22. The lowest BCUT2D eigenvalue weighted by molar-refractivity contribution is 0.440. The number of halogens is 2. The van der Waals surface area contributed by atoms with Gasteiger partial charge in [0, 0.05) is 35.0 Å². The Kier molecular flexibility index (Phi) is 5.34. The Bertz CT molecular complexity index is 575. The van der Waals surface area contributed by atoms with Gasteiger partial charge in [-0.15, -0.1) is 0 Å². The van der Waals surface area contributed by atoms with E-state index in [0.29, 0.717) is 16.8 Å². The van der Waals surface area contributed by atoms with Crippen LogP contribution in [0.5, 0.6) is 11.8 Å². The molecule has 0 aliphatic heterocycles. The third kappa shape index (κ3) is 4.44. The van der Waals surface area contributed by atoms with Crippen molar-refractivity contribution in [2.75, 3.05) is 0 Å². The molecule has 0 saturated carbocycles. The van der Waals surface area contributed by atoms with Crippen molar-refractivity contribution in [3.05, 3.63) is 45.7 Å². The van der Waals surface area contributed by atoms with Gasteiger partial charge in [0.1, 0.15) is 5.75 Å². The van der Waals surface area contributed by atoms with Crippen molar-refractivity contribution in [3.63, 3.8) is 0 Å². The number of ether oxygens (including phenoxy) is 1. The van der Waals surface area contributed by atoms with Crippen molar-refractivity contribution >= 4 is 27.5 Å². The monoisotopic (exact) mass is 355 g/mol. The van der Waals surface area contributed by atoms with Gasteiger partial charge in [0.2, 0.25) is 0 Å². The first-order chi connectivity index (χ1) is 9.54. The second-order valence-corrected chi connectivity index (χ2v) is 5.91. The predicted molar refractivity (Wildman–Crippen MR) is 83.2 cm³/mol. The van der Waals surface area contributed by atoms with Crippen LogP contribution < -0.4 is 10.1 Å². The first kappa shape index (κ1) is 15.2. The van der Waals surface area contributed by atoms with Gasteiger partial charge in [0.15, 0.2) is 0 Å². The van der Waals surface area contributed by atoms with Gasteiger partial charge >= 0.3 is 6.01 Å². The molecule has 20 heavy (non-hydrogen) atoms. The number of rotatable bonds is 5. The molecule has 1 aromatic heterocycles. The maximum atomic E-state index is 6.07. The van der Waals surface area contributed by atoms with Crippen molar-refractivity contribution < 1.29 is 4.74 Å². The maximum absolute atomic E-state index is 6.07. The number of hydrogen-bond acceptors (Lipinski definition) is 4. The molecule has 0 amide bonds. The quantitative estimate of drug-likeness (QED) is 0.873. The van der Waals surface area contributed by atoms with Gasteiger partial charge in [-0.3, -0.25) is 0 Å². The Morgan fingerprint density at radius 2 is 2.00 bits per heavy atom. The standard InChI is InChI=1S/C14H15BrClN3O/c1-9(2)17-6-10-7-18-14(19-8-10)20-13-4-3-11(15)5-12(13)16/h3-5,7-9,17H,6H2,1-2H3. The van der Waals surface area contributed by atoms with Gasteiger partial charge in [-0.05, 0) is 18.2 Å². The van der Waals surface area contributed by atoms with Crippen LogP contribution in [0.3, 0.4) is 0 Å². The van der Waals surface area contributed by atoms with Crippen molar-refractivity contribution in [1.29, 1.82) is 0 Å². The second-order valence-electron chi connectivity index (χ2n) is 4.59. The van der Waals surface area contributed by atoms with Crippen molar-refractivity contribution in [1.82, 2.24) is 15.3 Å². The van der Waals surface area contributed by atoms with Crippen LogP contribution in [0.15, 0.2) is 35.1 Å². The van der Waals surface area contributed by atoms with E-state index in [4.69, 9.17) is 16.3 Å². The highest BCUT2D eigenvalue weighted by Crippen LogP contribution is 2.30. The summed E-state index contributed by atoms with van der Waals surface area (Å²) in [4.78, 5) is 8.34. The Balaban J connectivity index is 2.03. The van der Waals surface area contributed by atoms with Crippen LogP contribution in [-0.4, -0.2) is 16.0 Å². The summed E-state index contributed by atoms with van der Waals surface area (Å²) >= 11 is 9.42.